The molecule has 3 rings (SSSR count). The van der Waals surface area contributed by atoms with E-state index in [0.717, 1.165) is 31.4 Å². The monoisotopic (exact) mass is 409 g/mol. The fraction of sp³-hybridized carbons (Fsp3) is 0.619. The van der Waals surface area contributed by atoms with Crippen LogP contribution in [0.4, 0.5) is 0 Å². The van der Waals surface area contributed by atoms with Gasteiger partial charge in [-0.25, -0.2) is 0 Å². The van der Waals surface area contributed by atoms with Crippen molar-refractivity contribution < 1.29 is 14.7 Å². The molecule has 2 amide bonds. The number of halogens is 1. The number of amides is 2. The average molecular weight is 410 g/mol. The Morgan fingerprint density at radius 1 is 1.18 bits per heavy atom. The topological polar surface area (TPSA) is 86.9 Å². The van der Waals surface area contributed by atoms with E-state index in [4.69, 9.17) is 10.8 Å². The normalized spacial score (nSPS) is 20.0. The summed E-state index contributed by atoms with van der Waals surface area (Å²) in [4.78, 5) is 28.7. The summed E-state index contributed by atoms with van der Waals surface area (Å²) in [5.41, 5.74) is 7.37. The third-order valence-corrected chi connectivity index (χ3v) is 6.09. The summed E-state index contributed by atoms with van der Waals surface area (Å²) >= 11 is 0. The van der Waals surface area contributed by atoms with E-state index in [-0.39, 0.29) is 36.2 Å². The molecule has 0 radical (unpaired) electrons. The molecule has 2 saturated heterocycles. The van der Waals surface area contributed by atoms with E-state index >= 15 is 0 Å². The number of hydrogen-bond acceptors (Lipinski definition) is 4. The second kappa shape index (κ2) is 10.2. The molecule has 0 aromatic heterocycles. The van der Waals surface area contributed by atoms with Gasteiger partial charge in [0.2, 0.25) is 11.8 Å². The molecule has 1 atom stereocenters. The first-order chi connectivity index (χ1) is 13.0. The number of piperidine rings is 2. The Kier molecular flexibility index (Phi) is 8.28. The molecule has 0 bridgehead atoms. The molecule has 2 heterocycles. The number of hydrogen-bond donors (Lipinski definition) is 2. The molecule has 6 nitrogen and oxygen atoms in total. The van der Waals surface area contributed by atoms with Gasteiger partial charge in [-0.3, -0.25) is 9.59 Å². The van der Waals surface area contributed by atoms with Gasteiger partial charge in [0.25, 0.3) is 0 Å². The summed E-state index contributed by atoms with van der Waals surface area (Å²) in [5.74, 6) is 0.218. The third-order valence-electron chi connectivity index (χ3n) is 6.09. The van der Waals surface area contributed by atoms with Gasteiger partial charge in [-0.1, -0.05) is 30.3 Å². The highest BCUT2D eigenvalue weighted by atomic mass is 35.5. The zero-order valence-corrected chi connectivity index (χ0v) is 17.2. The quantitative estimate of drug-likeness (QED) is 0.747. The third kappa shape index (κ3) is 5.46. The van der Waals surface area contributed by atoms with Gasteiger partial charge in [0.1, 0.15) is 0 Å². The summed E-state index contributed by atoms with van der Waals surface area (Å²) in [5, 5.41) is 9.04. The molecule has 1 spiro atoms. The smallest absolute Gasteiger partial charge is 0.239 e. The Morgan fingerprint density at radius 2 is 1.86 bits per heavy atom. The summed E-state index contributed by atoms with van der Waals surface area (Å²) in [7, 11) is 0. The number of likely N-dealkylation sites (tertiary alicyclic amines) is 2. The van der Waals surface area contributed by atoms with E-state index in [2.05, 4.69) is 0 Å². The van der Waals surface area contributed by atoms with Crippen LogP contribution in [-0.4, -0.2) is 65.5 Å². The van der Waals surface area contributed by atoms with Crippen LogP contribution in [0.1, 0.15) is 37.7 Å². The van der Waals surface area contributed by atoms with Crippen LogP contribution in [0.2, 0.25) is 0 Å². The highest BCUT2D eigenvalue weighted by Gasteiger charge is 2.41. The van der Waals surface area contributed by atoms with Crippen LogP contribution in [0.5, 0.6) is 0 Å². The van der Waals surface area contributed by atoms with E-state index in [0.29, 0.717) is 38.9 Å². The first-order valence-electron chi connectivity index (χ1n) is 10.00. The maximum absolute atomic E-state index is 12.7. The molecule has 2 aliphatic heterocycles. The maximum Gasteiger partial charge on any atom is 0.239 e. The summed E-state index contributed by atoms with van der Waals surface area (Å²) in [6, 6.07) is 9.38. The van der Waals surface area contributed by atoms with Gasteiger partial charge in [0.05, 0.1) is 6.04 Å². The fourth-order valence-electron chi connectivity index (χ4n) is 4.37. The number of carbonyl (C=O) groups excluding carboxylic acids is 2. The van der Waals surface area contributed by atoms with Crippen molar-refractivity contribution in [1.82, 2.24) is 9.80 Å². The van der Waals surface area contributed by atoms with E-state index in [1.807, 2.05) is 40.1 Å². The van der Waals surface area contributed by atoms with E-state index in [9.17, 15) is 9.59 Å². The summed E-state index contributed by atoms with van der Waals surface area (Å²) in [6.07, 6.45) is 4.50. The number of rotatable bonds is 6. The Hall–Kier alpha value is -1.63. The van der Waals surface area contributed by atoms with Crippen molar-refractivity contribution in [2.24, 2.45) is 11.1 Å². The van der Waals surface area contributed by atoms with Crippen molar-refractivity contribution in [1.29, 1.82) is 0 Å². The van der Waals surface area contributed by atoms with Gasteiger partial charge in [0, 0.05) is 39.2 Å². The van der Waals surface area contributed by atoms with Crippen LogP contribution in [0.3, 0.4) is 0 Å². The second-order valence-electron chi connectivity index (χ2n) is 8.01. The van der Waals surface area contributed by atoms with Crippen LogP contribution in [0.25, 0.3) is 0 Å². The molecule has 7 heteroatoms. The van der Waals surface area contributed by atoms with Gasteiger partial charge >= 0.3 is 0 Å². The minimum Gasteiger partial charge on any atom is -0.396 e. The van der Waals surface area contributed by atoms with E-state index in [1.165, 1.54) is 0 Å². The van der Waals surface area contributed by atoms with Crippen LogP contribution >= 0.6 is 12.4 Å². The number of benzene rings is 1. The van der Waals surface area contributed by atoms with Crippen molar-refractivity contribution >= 4 is 24.2 Å². The van der Waals surface area contributed by atoms with Crippen LogP contribution in [0, 0.1) is 5.41 Å². The Bertz CT molecular complexity index is 648. The maximum atomic E-state index is 12.7. The lowest BCUT2D eigenvalue weighted by atomic mass is 9.72. The van der Waals surface area contributed by atoms with E-state index < -0.39 is 6.04 Å². The standard InChI is InChI=1S/C21H31N3O3.ClH/c22-18(15-17-5-2-1-3-6-17)20(27)23-12-9-21(10-13-23)8-7-19(26)24(16-21)11-4-14-25;/h1-3,5-6,18,25H,4,7-16,22H2;1H/t18-;/m1./s1. The highest BCUT2D eigenvalue weighted by Crippen LogP contribution is 2.40. The SMILES string of the molecule is Cl.N[C@H](Cc1ccccc1)C(=O)N1CCC2(CCC(=O)N(CCCO)C2)CC1. The zero-order chi connectivity index (χ0) is 19.3. The minimum atomic E-state index is -0.504. The van der Waals surface area contributed by atoms with Gasteiger partial charge in [-0.2, -0.15) is 0 Å². The first-order valence-corrected chi connectivity index (χ1v) is 10.00. The summed E-state index contributed by atoms with van der Waals surface area (Å²) < 4.78 is 0. The van der Waals surface area contributed by atoms with Crippen molar-refractivity contribution in [3.05, 3.63) is 35.9 Å². The largest absolute Gasteiger partial charge is 0.396 e. The number of aliphatic hydroxyl groups excluding tert-OH is 1. The highest BCUT2D eigenvalue weighted by molar-refractivity contribution is 5.85. The Balaban J connectivity index is 0.00000280. The summed E-state index contributed by atoms with van der Waals surface area (Å²) in [6.45, 7) is 2.91. The van der Waals surface area contributed by atoms with Crippen molar-refractivity contribution in [2.75, 3.05) is 32.8 Å². The number of carbonyl (C=O) groups is 2. The van der Waals surface area contributed by atoms with Gasteiger partial charge in [0.15, 0.2) is 0 Å². The lowest BCUT2D eigenvalue weighted by Gasteiger charge is -2.47. The second-order valence-corrected chi connectivity index (χ2v) is 8.01. The van der Waals surface area contributed by atoms with Gasteiger partial charge < -0.3 is 20.6 Å². The molecule has 3 N–H and O–H groups in total. The molecule has 2 fully saturated rings. The molecular weight excluding hydrogens is 378 g/mol. The zero-order valence-electron chi connectivity index (χ0n) is 16.4. The number of nitrogens with zero attached hydrogens (tertiary/aromatic N) is 2. The van der Waals surface area contributed by atoms with Crippen molar-refractivity contribution in [3.8, 4) is 0 Å². The van der Waals surface area contributed by atoms with Crippen LogP contribution in [0.15, 0.2) is 30.3 Å². The number of aliphatic hydroxyl groups is 1. The number of nitrogens with two attached hydrogens (primary N) is 1. The molecule has 0 saturated carbocycles. The molecule has 1 aromatic carbocycles. The fourth-order valence-corrected chi connectivity index (χ4v) is 4.37. The molecule has 0 aliphatic carbocycles. The average Bonchev–Trinajstić information content (AvgIpc) is 2.70. The van der Waals surface area contributed by atoms with Crippen molar-refractivity contribution in [2.45, 2.75) is 44.6 Å². The van der Waals surface area contributed by atoms with Gasteiger partial charge in [-0.15, -0.1) is 12.4 Å². The minimum absolute atomic E-state index is 0. The molecule has 1 aromatic rings. The molecule has 28 heavy (non-hydrogen) atoms. The Morgan fingerprint density at radius 3 is 2.50 bits per heavy atom. The molecule has 0 unspecified atom stereocenters. The Labute approximate surface area is 173 Å². The molecule has 2 aliphatic rings. The molecule has 156 valence electrons. The van der Waals surface area contributed by atoms with Gasteiger partial charge in [-0.05, 0) is 43.1 Å². The predicted molar refractivity (Wildman–Crippen MR) is 111 cm³/mol. The lowest BCUT2D eigenvalue weighted by Crippen LogP contribution is -2.54. The lowest BCUT2D eigenvalue weighted by molar-refractivity contribution is -0.143. The predicted octanol–water partition coefficient (Wildman–Crippen LogP) is 1.59. The van der Waals surface area contributed by atoms with Crippen LogP contribution in [-0.2, 0) is 16.0 Å². The molecular formula is C21H32ClN3O3. The first kappa shape index (κ1) is 22.7. The van der Waals surface area contributed by atoms with Crippen LogP contribution < -0.4 is 5.73 Å². The van der Waals surface area contributed by atoms with Crippen molar-refractivity contribution in [3.63, 3.8) is 0 Å². The van der Waals surface area contributed by atoms with E-state index in [1.54, 1.807) is 0 Å².